The molecule has 26 heavy (non-hydrogen) atoms. The third-order valence-corrected chi connectivity index (χ3v) is 4.34. The summed E-state index contributed by atoms with van der Waals surface area (Å²) in [4.78, 5) is 14.6. The van der Waals surface area contributed by atoms with Crippen LogP contribution < -0.4 is 14.8 Å². The monoisotopic (exact) mass is 356 g/mol. The van der Waals surface area contributed by atoms with Gasteiger partial charge >= 0.3 is 0 Å². The lowest BCUT2D eigenvalue weighted by Gasteiger charge is -2.23. The van der Waals surface area contributed by atoms with Gasteiger partial charge in [-0.05, 0) is 37.2 Å². The van der Waals surface area contributed by atoms with E-state index in [2.05, 4.69) is 29.3 Å². The number of nitrogens with one attached hydrogen (secondary N) is 1. The third kappa shape index (κ3) is 5.49. The predicted octanol–water partition coefficient (Wildman–Crippen LogP) is 3.40. The van der Waals surface area contributed by atoms with Gasteiger partial charge < -0.3 is 14.8 Å². The molecular formula is C21H28N2O3. The minimum Gasteiger partial charge on any atom is -0.497 e. The molecule has 5 heteroatoms. The van der Waals surface area contributed by atoms with Gasteiger partial charge in [-0.15, -0.1) is 0 Å². The molecule has 2 aromatic rings. The molecule has 0 spiro atoms. The topological polar surface area (TPSA) is 50.8 Å². The van der Waals surface area contributed by atoms with Crippen molar-refractivity contribution in [2.75, 3.05) is 27.3 Å². The number of carbonyl (C=O) groups excluding carboxylic acids is 1. The SMILES string of the molecule is CCN(CC(=O)NC(C)c1cc(OC)ccc1OC)Cc1ccccc1. The molecule has 1 atom stereocenters. The highest BCUT2D eigenvalue weighted by molar-refractivity contribution is 5.78. The maximum Gasteiger partial charge on any atom is 0.234 e. The molecule has 0 heterocycles. The molecule has 1 unspecified atom stereocenters. The Balaban J connectivity index is 1.99. The zero-order valence-corrected chi connectivity index (χ0v) is 16.0. The summed E-state index contributed by atoms with van der Waals surface area (Å²) < 4.78 is 10.7. The van der Waals surface area contributed by atoms with Crippen molar-refractivity contribution in [2.45, 2.75) is 26.4 Å². The fourth-order valence-electron chi connectivity index (χ4n) is 2.87. The molecule has 0 aromatic heterocycles. The number of amides is 1. The van der Waals surface area contributed by atoms with Crippen molar-refractivity contribution >= 4 is 5.91 Å². The summed E-state index contributed by atoms with van der Waals surface area (Å²) in [7, 11) is 3.25. The number of hydrogen-bond donors (Lipinski definition) is 1. The summed E-state index contributed by atoms with van der Waals surface area (Å²) in [5.41, 5.74) is 2.09. The highest BCUT2D eigenvalue weighted by Crippen LogP contribution is 2.29. The quantitative estimate of drug-likeness (QED) is 0.748. The Labute approximate surface area is 155 Å². The van der Waals surface area contributed by atoms with Crippen LogP contribution in [-0.4, -0.2) is 38.1 Å². The van der Waals surface area contributed by atoms with E-state index in [4.69, 9.17) is 9.47 Å². The summed E-state index contributed by atoms with van der Waals surface area (Å²) in [5.74, 6) is 1.46. The first-order chi connectivity index (χ1) is 12.6. The molecule has 0 saturated heterocycles. The van der Waals surface area contributed by atoms with E-state index in [9.17, 15) is 4.79 Å². The van der Waals surface area contributed by atoms with Gasteiger partial charge in [0.1, 0.15) is 11.5 Å². The average Bonchev–Trinajstić information content (AvgIpc) is 2.67. The molecule has 140 valence electrons. The molecule has 0 radical (unpaired) electrons. The number of carbonyl (C=O) groups is 1. The maximum absolute atomic E-state index is 12.5. The van der Waals surface area contributed by atoms with Crippen molar-refractivity contribution in [1.29, 1.82) is 0 Å². The van der Waals surface area contributed by atoms with Gasteiger partial charge in [0.15, 0.2) is 0 Å². The Bertz CT molecular complexity index is 704. The molecule has 1 N–H and O–H groups in total. The number of benzene rings is 2. The smallest absolute Gasteiger partial charge is 0.234 e. The summed E-state index contributed by atoms with van der Waals surface area (Å²) >= 11 is 0. The number of methoxy groups -OCH3 is 2. The predicted molar refractivity (Wildman–Crippen MR) is 103 cm³/mol. The Morgan fingerprint density at radius 1 is 1.12 bits per heavy atom. The molecule has 0 aliphatic heterocycles. The first-order valence-corrected chi connectivity index (χ1v) is 8.85. The third-order valence-electron chi connectivity index (χ3n) is 4.34. The van der Waals surface area contributed by atoms with Gasteiger partial charge in [0.25, 0.3) is 0 Å². The minimum absolute atomic E-state index is 0.0137. The van der Waals surface area contributed by atoms with Crippen LogP contribution in [0.15, 0.2) is 48.5 Å². The molecular weight excluding hydrogens is 328 g/mol. The van der Waals surface area contributed by atoms with Gasteiger partial charge in [0.05, 0.1) is 26.8 Å². The summed E-state index contributed by atoms with van der Waals surface area (Å²) in [6.45, 7) is 5.91. The van der Waals surface area contributed by atoms with E-state index in [0.717, 1.165) is 30.2 Å². The van der Waals surface area contributed by atoms with Crippen molar-refractivity contribution in [3.05, 3.63) is 59.7 Å². The normalized spacial score (nSPS) is 11.9. The van der Waals surface area contributed by atoms with Crippen molar-refractivity contribution < 1.29 is 14.3 Å². The van der Waals surface area contributed by atoms with E-state index in [1.54, 1.807) is 14.2 Å². The van der Waals surface area contributed by atoms with E-state index in [1.165, 1.54) is 5.56 Å². The summed E-state index contributed by atoms with van der Waals surface area (Å²) in [6.07, 6.45) is 0. The summed E-state index contributed by atoms with van der Waals surface area (Å²) in [5, 5.41) is 3.06. The van der Waals surface area contributed by atoms with Crippen molar-refractivity contribution in [3.8, 4) is 11.5 Å². The van der Waals surface area contributed by atoms with Crippen molar-refractivity contribution in [3.63, 3.8) is 0 Å². The van der Waals surface area contributed by atoms with E-state index >= 15 is 0 Å². The van der Waals surface area contributed by atoms with Crippen LogP contribution in [0.1, 0.15) is 31.0 Å². The molecule has 0 aliphatic rings. The van der Waals surface area contributed by atoms with E-state index in [-0.39, 0.29) is 11.9 Å². The van der Waals surface area contributed by atoms with E-state index < -0.39 is 0 Å². The van der Waals surface area contributed by atoms with Gasteiger partial charge in [-0.25, -0.2) is 0 Å². The molecule has 0 fully saturated rings. The molecule has 0 aliphatic carbocycles. The first-order valence-electron chi connectivity index (χ1n) is 8.85. The van der Waals surface area contributed by atoms with Crippen LogP contribution >= 0.6 is 0 Å². The lowest BCUT2D eigenvalue weighted by Crippen LogP contribution is -2.38. The number of ether oxygens (including phenoxy) is 2. The highest BCUT2D eigenvalue weighted by atomic mass is 16.5. The Kier molecular flexibility index (Phi) is 7.48. The maximum atomic E-state index is 12.5. The summed E-state index contributed by atoms with van der Waals surface area (Å²) in [6, 6.07) is 15.6. The van der Waals surface area contributed by atoms with Gasteiger partial charge in [-0.3, -0.25) is 9.69 Å². The molecule has 0 saturated carbocycles. The van der Waals surface area contributed by atoms with Gasteiger partial charge in [-0.1, -0.05) is 37.3 Å². The van der Waals surface area contributed by atoms with E-state index in [0.29, 0.717) is 6.54 Å². The fourth-order valence-corrected chi connectivity index (χ4v) is 2.87. The van der Waals surface area contributed by atoms with Gasteiger partial charge in [0.2, 0.25) is 5.91 Å². The zero-order valence-electron chi connectivity index (χ0n) is 16.0. The van der Waals surface area contributed by atoms with Crippen LogP contribution in [0.4, 0.5) is 0 Å². The highest BCUT2D eigenvalue weighted by Gasteiger charge is 2.17. The minimum atomic E-state index is -0.178. The van der Waals surface area contributed by atoms with Crippen LogP contribution in [0.3, 0.4) is 0 Å². The Morgan fingerprint density at radius 3 is 2.46 bits per heavy atom. The standard InChI is InChI=1S/C21H28N2O3/c1-5-23(14-17-9-7-6-8-10-17)15-21(24)22-16(2)19-13-18(25-3)11-12-20(19)26-4/h6-13,16H,5,14-15H2,1-4H3,(H,22,24). The van der Waals surface area contributed by atoms with Crippen molar-refractivity contribution in [2.24, 2.45) is 0 Å². The van der Waals surface area contributed by atoms with Gasteiger partial charge in [-0.2, -0.15) is 0 Å². The number of rotatable bonds is 9. The van der Waals surface area contributed by atoms with Crippen LogP contribution in [0, 0.1) is 0 Å². The van der Waals surface area contributed by atoms with Crippen LogP contribution in [0.25, 0.3) is 0 Å². The number of nitrogens with zero attached hydrogens (tertiary/aromatic N) is 1. The molecule has 2 aromatic carbocycles. The van der Waals surface area contributed by atoms with Crippen molar-refractivity contribution in [1.82, 2.24) is 10.2 Å². The second-order valence-electron chi connectivity index (χ2n) is 6.19. The van der Waals surface area contributed by atoms with E-state index in [1.807, 2.05) is 43.3 Å². The van der Waals surface area contributed by atoms with Gasteiger partial charge in [0, 0.05) is 12.1 Å². The van der Waals surface area contributed by atoms with Crippen LogP contribution in [0.5, 0.6) is 11.5 Å². The second-order valence-corrected chi connectivity index (χ2v) is 6.19. The average molecular weight is 356 g/mol. The van der Waals surface area contributed by atoms with Crippen LogP contribution in [0.2, 0.25) is 0 Å². The number of hydrogen-bond acceptors (Lipinski definition) is 4. The largest absolute Gasteiger partial charge is 0.497 e. The Hall–Kier alpha value is -2.53. The Morgan fingerprint density at radius 2 is 1.85 bits per heavy atom. The molecule has 0 bridgehead atoms. The van der Waals surface area contributed by atoms with Crippen LogP contribution in [-0.2, 0) is 11.3 Å². The number of likely N-dealkylation sites (N-methyl/N-ethyl adjacent to an activating group) is 1. The molecule has 1 amide bonds. The lowest BCUT2D eigenvalue weighted by atomic mass is 10.1. The molecule has 5 nitrogen and oxygen atoms in total. The lowest BCUT2D eigenvalue weighted by molar-refractivity contribution is -0.123. The zero-order chi connectivity index (χ0) is 18.9. The second kappa shape index (κ2) is 9.82. The first kappa shape index (κ1) is 19.8. The molecule has 2 rings (SSSR count). The fraction of sp³-hybridized carbons (Fsp3) is 0.381.